The monoisotopic (exact) mass is 241 g/mol. The number of carbonyl (C=O) groups is 1. The molecule has 4 nitrogen and oxygen atoms in total. The van der Waals surface area contributed by atoms with Gasteiger partial charge in [-0.25, -0.2) is 0 Å². The lowest BCUT2D eigenvalue weighted by Gasteiger charge is -2.14. The maximum atomic E-state index is 12.0. The van der Waals surface area contributed by atoms with E-state index in [0.29, 0.717) is 11.3 Å². The smallest absolute Gasteiger partial charge is 0.253 e. The van der Waals surface area contributed by atoms with Crippen LogP contribution in [0.2, 0.25) is 0 Å². The van der Waals surface area contributed by atoms with E-state index in [9.17, 15) is 4.79 Å². The van der Waals surface area contributed by atoms with Crippen LogP contribution in [0.3, 0.4) is 0 Å². The zero-order valence-corrected chi connectivity index (χ0v) is 10.1. The summed E-state index contributed by atoms with van der Waals surface area (Å²) in [6, 6.07) is 12.5. The summed E-state index contributed by atoms with van der Waals surface area (Å²) in [6.07, 6.45) is 1.70. The quantitative estimate of drug-likeness (QED) is 0.809. The molecule has 0 saturated carbocycles. The molecule has 1 atom stereocenters. The Bertz CT molecular complexity index is 540. The van der Waals surface area contributed by atoms with Crippen molar-refractivity contribution < 1.29 is 4.79 Å². The van der Waals surface area contributed by atoms with Crippen LogP contribution in [0.1, 0.15) is 29.0 Å². The van der Waals surface area contributed by atoms with Crippen LogP contribution in [0.25, 0.3) is 0 Å². The van der Waals surface area contributed by atoms with Gasteiger partial charge in [0, 0.05) is 11.9 Å². The fraction of sp³-hybridized carbons (Fsp3) is 0.143. The Labute approximate surface area is 106 Å². The Balaban J connectivity index is 2.11. The normalized spacial score (nSPS) is 11.8. The summed E-state index contributed by atoms with van der Waals surface area (Å²) >= 11 is 0. The van der Waals surface area contributed by atoms with Crippen LogP contribution in [0, 0.1) is 0 Å². The fourth-order valence-corrected chi connectivity index (χ4v) is 1.68. The lowest BCUT2D eigenvalue weighted by atomic mass is 10.1. The van der Waals surface area contributed by atoms with Gasteiger partial charge in [-0.15, -0.1) is 0 Å². The number of aromatic nitrogens is 1. The molecule has 3 N–H and O–H groups in total. The van der Waals surface area contributed by atoms with Crippen LogP contribution < -0.4 is 11.1 Å². The minimum absolute atomic E-state index is 0.154. The predicted octanol–water partition coefficient (Wildman–Crippen LogP) is 2.15. The average molecular weight is 241 g/mol. The first-order valence-corrected chi connectivity index (χ1v) is 5.75. The van der Waals surface area contributed by atoms with E-state index in [2.05, 4.69) is 10.3 Å². The van der Waals surface area contributed by atoms with Gasteiger partial charge in [-0.05, 0) is 31.2 Å². The number of nitrogens with one attached hydrogen (secondary N) is 1. The molecule has 0 unspecified atom stereocenters. The van der Waals surface area contributed by atoms with Crippen molar-refractivity contribution in [2.75, 3.05) is 5.73 Å². The van der Waals surface area contributed by atoms with Crippen LogP contribution in [-0.4, -0.2) is 10.9 Å². The third-order valence-electron chi connectivity index (χ3n) is 2.68. The van der Waals surface area contributed by atoms with Gasteiger partial charge < -0.3 is 11.1 Å². The van der Waals surface area contributed by atoms with Gasteiger partial charge >= 0.3 is 0 Å². The average Bonchev–Trinajstić information content (AvgIpc) is 2.40. The molecule has 4 heteroatoms. The largest absolute Gasteiger partial charge is 0.398 e. The van der Waals surface area contributed by atoms with Crippen LogP contribution in [0.4, 0.5) is 5.69 Å². The Morgan fingerprint density at radius 3 is 2.61 bits per heavy atom. The molecular formula is C14H15N3O. The van der Waals surface area contributed by atoms with E-state index in [1.54, 1.807) is 30.5 Å². The third kappa shape index (κ3) is 2.66. The van der Waals surface area contributed by atoms with Crippen molar-refractivity contribution in [3.8, 4) is 0 Å². The van der Waals surface area contributed by atoms with Gasteiger partial charge in [0.05, 0.1) is 17.3 Å². The number of hydrogen-bond acceptors (Lipinski definition) is 3. The minimum atomic E-state index is -0.189. The second kappa shape index (κ2) is 5.31. The molecule has 92 valence electrons. The molecule has 0 aliphatic rings. The number of nitrogens with zero attached hydrogens (tertiary/aromatic N) is 1. The first-order chi connectivity index (χ1) is 8.68. The number of hydrogen-bond donors (Lipinski definition) is 2. The highest BCUT2D eigenvalue weighted by atomic mass is 16.1. The molecule has 0 aliphatic heterocycles. The molecule has 0 aliphatic carbocycles. The number of carbonyl (C=O) groups excluding carboxylic acids is 1. The fourth-order valence-electron chi connectivity index (χ4n) is 1.68. The number of nitrogen functional groups attached to an aromatic ring is 1. The summed E-state index contributed by atoms with van der Waals surface area (Å²) in [5, 5.41) is 2.87. The predicted molar refractivity (Wildman–Crippen MR) is 71.0 cm³/mol. The lowest BCUT2D eigenvalue weighted by molar-refractivity contribution is 0.0940. The van der Waals surface area contributed by atoms with E-state index in [0.717, 1.165) is 5.69 Å². The number of nitrogens with two attached hydrogens (primary N) is 1. The summed E-state index contributed by atoms with van der Waals surface area (Å²) in [5.74, 6) is -0.189. The Morgan fingerprint density at radius 1 is 1.22 bits per heavy atom. The van der Waals surface area contributed by atoms with Crippen molar-refractivity contribution in [2.45, 2.75) is 13.0 Å². The number of amides is 1. The standard InChI is InChI=1S/C14H15N3O/c1-10(13-8-4-5-9-16-13)17-14(18)11-6-2-3-7-12(11)15/h2-10H,15H2,1H3,(H,17,18)/t10-/m1/s1. The van der Waals surface area contributed by atoms with Gasteiger partial charge in [-0.1, -0.05) is 18.2 Å². The second-order valence-corrected chi connectivity index (χ2v) is 4.04. The number of pyridine rings is 1. The Morgan fingerprint density at radius 2 is 1.94 bits per heavy atom. The van der Waals surface area contributed by atoms with Crippen molar-refractivity contribution >= 4 is 11.6 Å². The highest BCUT2D eigenvalue weighted by Crippen LogP contribution is 2.13. The maximum absolute atomic E-state index is 12.0. The van der Waals surface area contributed by atoms with E-state index in [4.69, 9.17) is 5.73 Å². The van der Waals surface area contributed by atoms with Crippen LogP contribution in [-0.2, 0) is 0 Å². The molecule has 0 spiro atoms. The second-order valence-electron chi connectivity index (χ2n) is 4.04. The summed E-state index contributed by atoms with van der Waals surface area (Å²) in [6.45, 7) is 1.89. The van der Waals surface area contributed by atoms with Crippen molar-refractivity contribution in [1.82, 2.24) is 10.3 Å². The highest BCUT2D eigenvalue weighted by Gasteiger charge is 2.13. The van der Waals surface area contributed by atoms with E-state index in [1.165, 1.54) is 0 Å². The molecule has 0 radical (unpaired) electrons. The summed E-state index contributed by atoms with van der Waals surface area (Å²) in [5.41, 5.74) is 7.54. The topological polar surface area (TPSA) is 68.0 Å². The summed E-state index contributed by atoms with van der Waals surface area (Å²) in [7, 11) is 0. The molecule has 0 bridgehead atoms. The molecule has 1 aromatic carbocycles. The number of benzene rings is 1. The number of anilines is 1. The van der Waals surface area contributed by atoms with E-state index < -0.39 is 0 Å². The van der Waals surface area contributed by atoms with Crippen molar-refractivity contribution in [1.29, 1.82) is 0 Å². The molecule has 18 heavy (non-hydrogen) atoms. The van der Waals surface area contributed by atoms with Crippen molar-refractivity contribution in [3.05, 3.63) is 59.9 Å². The molecule has 1 aromatic heterocycles. The lowest BCUT2D eigenvalue weighted by Crippen LogP contribution is -2.27. The van der Waals surface area contributed by atoms with Gasteiger partial charge in [-0.3, -0.25) is 9.78 Å². The number of para-hydroxylation sites is 1. The first-order valence-electron chi connectivity index (χ1n) is 5.75. The van der Waals surface area contributed by atoms with Gasteiger partial charge in [0.15, 0.2) is 0 Å². The first kappa shape index (κ1) is 12.1. The zero-order chi connectivity index (χ0) is 13.0. The van der Waals surface area contributed by atoms with Gasteiger partial charge in [0.1, 0.15) is 0 Å². The van der Waals surface area contributed by atoms with Gasteiger partial charge in [0.25, 0.3) is 5.91 Å². The van der Waals surface area contributed by atoms with Gasteiger partial charge in [0.2, 0.25) is 0 Å². The third-order valence-corrected chi connectivity index (χ3v) is 2.68. The Kier molecular flexibility index (Phi) is 3.57. The zero-order valence-electron chi connectivity index (χ0n) is 10.1. The molecule has 1 amide bonds. The summed E-state index contributed by atoms with van der Waals surface area (Å²) in [4.78, 5) is 16.2. The van der Waals surface area contributed by atoms with Crippen LogP contribution in [0.5, 0.6) is 0 Å². The maximum Gasteiger partial charge on any atom is 0.253 e. The van der Waals surface area contributed by atoms with Crippen molar-refractivity contribution in [2.24, 2.45) is 0 Å². The SMILES string of the molecule is C[C@@H](NC(=O)c1ccccc1N)c1ccccn1. The molecule has 1 heterocycles. The van der Waals surface area contributed by atoms with E-state index >= 15 is 0 Å². The molecule has 2 aromatic rings. The summed E-state index contributed by atoms with van der Waals surface area (Å²) < 4.78 is 0. The highest BCUT2D eigenvalue weighted by molar-refractivity contribution is 5.99. The van der Waals surface area contributed by atoms with E-state index in [-0.39, 0.29) is 11.9 Å². The van der Waals surface area contributed by atoms with E-state index in [1.807, 2.05) is 25.1 Å². The van der Waals surface area contributed by atoms with Crippen LogP contribution >= 0.6 is 0 Å². The molecule has 0 fully saturated rings. The molecule has 2 rings (SSSR count). The minimum Gasteiger partial charge on any atom is -0.398 e. The van der Waals surface area contributed by atoms with Gasteiger partial charge in [-0.2, -0.15) is 0 Å². The number of rotatable bonds is 3. The Hall–Kier alpha value is -2.36. The molecule has 0 saturated heterocycles. The van der Waals surface area contributed by atoms with Crippen LogP contribution in [0.15, 0.2) is 48.7 Å². The van der Waals surface area contributed by atoms with Crippen molar-refractivity contribution in [3.63, 3.8) is 0 Å². The molecular weight excluding hydrogens is 226 g/mol.